The zero-order valence-corrected chi connectivity index (χ0v) is 27.0. The van der Waals surface area contributed by atoms with Gasteiger partial charge in [-0.1, -0.05) is 13.5 Å². The van der Waals surface area contributed by atoms with Crippen LogP contribution in [0.1, 0.15) is 50.1 Å². The largest absolute Gasteiger partial charge is 0.462 e. The van der Waals surface area contributed by atoms with Gasteiger partial charge in [0, 0.05) is 49.1 Å². The highest BCUT2D eigenvalue weighted by atomic mass is 32.1. The van der Waals surface area contributed by atoms with Crippen LogP contribution in [0.15, 0.2) is 24.4 Å². The first-order chi connectivity index (χ1) is 20.5. The van der Waals surface area contributed by atoms with E-state index in [2.05, 4.69) is 45.0 Å². The lowest BCUT2D eigenvalue weighted by Gasteiger charge is -2.32. The molecule has 1 fully saturated rings. The molecule has 0 unspecified atom stereocenters. The van der Waals surface area contributed by atoms with Gasteiger partial charge in [0.05, 0.1) is 42.8 Å². The molecule has 1 saturated heterocycles. The van der Waals surface area contributed by atoms with Gasteiger partial charge >= 0.3 is 6.01 Å². The summed E-state index contributed by atoms with van der Waals surface area (Å²) in [4.78, 5) is 25.6. The summed E-state index contributed by atoms with van der Waals surface area (Å²) in [5.41, 5.74) is 12.5. The standard InChI is InChI=1S/C22H27F2N7O.C8H15NO2.CH4.H2S/c1-12-6-17-16(8-26-29-17)19(13(12)2)31-5-4-15-18(9-31)27-21(28-20(15)25)32-10-14-7-22(23,24)11-30(14)3;1-3-9(4-2)8(11)6-5-7-10;;/h6,8,14H,4-5,7,9-11H2,1-3H3,(H,26,29)(H2,25,27,28);5-6,10H,3-4,7H2,1-2H3;1H4;1H2/b;6-5+;;/t14-;;;/m0.../s1. The van der Waals surface area contributed by atoms with E-state index in [0.29, 0.717) is 31.9 Å². The van der Waals surface area contributed by atoms with E-state index in [9.17, 15) is 13.6 Å². The predicted octanol–water partition coefficient (Wildman–Crippen LogP) is 3.99. The summed E-state index contributed by atoms with van der Waals surface area (Å²) in [6.07, 6.45) is 5.17. The fourth-order valence-electron chi connectivity index (χ4n) is 5.62. The number of nitrogens with two attached hydrogens (primary N) is 1. The Morgan fingerprint density at radius 2 is 2.00 bits per heavy atom. The van der Waals surface area contributed by atoms with Crippen LogP contribution < -0.4 is 15.4 Å². The number of aliphatic hydroxyl groups excluding tert-OH is 1. The molecule has 1 amide bonds. The monoisotopic (exact) mass is 650 g/mol. The maximum absolute atomic E-state index is 13.7. The Morgan fingerprint density at radius 3 is 2.62 bits per heavy atom. The molecule has 1 aromatic carbocycles. The van der Waals surface area contributed by atoms with Gasteiger partial charge in [0.25, 0.3) is 5.92 Å². The van der Waals surface area contributed by atoms with Crippen molar-refractivity contribution in [3.63, 3.8) is 0 Å². The van der Waals surface area contributed by atoms with Gasteiger partial charge in [-0.05, 0) is 58.4 Å². The minimum Gasteiger partial charge on any atom is -0.462 e. The number of carbonyl (C=O) groups is 1. The number of H-pyrrole nitrogens is 1. The highest BCUT2D eigenvalue weighted by molar-refractivity contribution is 7.59. The molecule has 14 heteroatoms. The van der Waals surface area contributed by atoms with Gasteiger partial charge < -0.3 is 25.4 Å². The SMILES string of the molecule is C.CCN(CC)C(=O)/C=C/CO.Cc1cc2[nH]ncc2c(N2CCc3c(N)nc(OC[C@@H]4CC(F)(F)CN4C)nc3C2)c1C.S. The molecule has 0 aliphatic carbocycles. The molecule has 2 aliphatic rings. The van der Waals surface area contributed by atoms with Crippen molar-refractivity contribution in [2.75, 3.05) is 57.1 Å². The van der Waals surface area contributed by atoms with E-state index in [1.807, 2.05) is 20.0 Å². The Morgan fingerprint density at radius 1 is 1.29 bits per heavy atom. The summed E-state index contributed by atoms with van der Waals surface area (Å²) in [5, 5.41) is 16.7. The number of likely N-dealkylation sites (N-methyl/N-ethyl adjacent to an activating group) is 2. The average Bonchev–Trinajstić information content (AvgIpc) is 3.53. The van der Waals surface area contributed by atoms with Crippen molar-refractivity contribution in [2.45, 2.75) is 66.5 Å². The molecule has 2 aliphatic heterocycles. The summed E-state index contributed by atoms with van der Waals surface area (Å²) in [7, 11) is 1.68. The highest BCUT2D eigenvalue weighted by Gasteiger charge is 2.43. The van der Waals surface area contributed by atoms with Gasteiger partial charge in [0.2, 0.25) is 5.91 Å². The van der Waals surface area contributed by atoms with Crippen molar-refractivity contribution in [3.8, 4) is 6.01 Å². The molecule has 250 valence electrons. The Bertz CT molecular complexity index is 1460. The number of amides is 1. The van der Waals surface area contributed by atoms with Crippen molar-refractivity contribution in [3.05, 3.63) is 46.8 Å². The minimum absolute atomic E-state index is 0. The number of aryl methyl sites for hydroxylation is 1. The van der Waals surface area contributed by atoms with Crippen LogP contribution in [0.3, 0.4) is 0 Å². The molecule has 4 N–H and O–H groups in total. The van der Waals surface area contributed by atoms with Gasteiger partial charge in [-0.3, -0.25) is 14.8 Å². The van der Waals surface area contributed by atoms with Crippen LogP contribution in [0.4, 0.5) is 20.3 Å². The number of likely N-dealkylation sites (tertiary alicyclic amines) is 1. The third-order valence-electron chi connectivity index (χ3n) is 8.11. The van der Waals surface area contributed by atoms with Crippen molar-refractivity contribution >= 4 is 41.8 Å². The van der Waals surface area contributed by atoms with E-state index in [4.69, 9.17) is 15.6 Å². The Kier molecular flexibility index (Phi) is 13.6. The second-order valence-corrected chi connectivity index (χ2v) is 11.0. The molecule has 5 rings (SSSR count). The maximum atomic E-state index is 13.7. The lowest BCUT2D eigenvalue weighted by Crippen LogP contribution is -2.33. The molecule has 11 nitrogen and oxygen atoms in total. The van der Waals surface area contributed by atoms with Crippen LogP contribution in [-0.2, 0) is 17.8 Å². The van der Waals surface area contributed by atoms with E-state index in [0.717, 1.165) is 34.4 Å². The Balaban J connectivity index is 0.000000470. The topological polar surface area (TPSA) is 137 Å². The summed E-state index contributed by atoms with van der Waals surface area (Å²) in [6.45, 7) is 10.6. The number of rotatable bonds is 8. The fraction of sp³-hybridized carbons (Fsp3) is 0.548. The van der Waals surface area contributed by atoms with Crippen LogP contribution in [-0.4, -0.2) is 99.4 Å². The number of hydrogen-bond donors (Lipinski definition) is 3. The number of hydrogen-bond acceptors (Lipinski definition) is 9. The fourth-order valence-corrected chi connectivity index (χ4v) is 5.62. The molecule has 3 aromatic rings. The number of benzene rings is 1. The van der Waals surface area contributed by atoms with Crippen LogP contribution in [0, 0.1) is 13.8 Å². The second-order valence-electron chi connectivity index (χ2n) is 11.0. The number of anilines is 2. The van der Waals surface area contributed by atoms with Crippen molar-refractivity contribution < 1.29 is 23.4 Å². The van der Waals surface area contributed by atoms with E-state index in [1.165, 1.54) is 23.3 Å². The van der Waals surface area contributed by atoms with Gasteiger partial charge in [-0.2, -0.15) is 28.6 Å². The molecule has 4 heterocycles. The van der Waals surface area contributed by atoms with E-state index < -0.39 is 5.92 Å². The third kappa shape index (κ3) is 8.82. The zero-order valence-electron chi connectivity index (χ0n) is 26.0. The lowest BCUT2D eigenvalue weighted by molar-refractivity contribution is -0.125. The summed E-state index contributed by atoms with van der Waals surface area (Å²) in [6, 6.07) is 1.86. The maximum Gasteiger partial charge on any atom is 0.318 e. The minimum atomic E-state index is -2.69. The molecule has 45 heavy (non-hydrogen) atoms. The van der Waals surface area contributed by atoms with Crippen molar-refractivity contribution in [2.24, 2.45) is 0 Å². The molecule has 0 bridgehead atoms. The molecule has 0 radical (unpaired) electrons. The number of alkyl halides is 2. The number of ether oxygens (including phenoxy) is 1. The predicted molar refractivity (Wildman–Crippen MR) is 180 cm³/mol. The number of carbonyl (C=O) groups excluding carboxylic acids is 1. The van der Waals surface area contributed by atoms with Gasteiger partial charge in [0.1, 0.15) is 12.4 Å². The summed E-state index contributed by atoms with van der Waals surface area (Å²) < 4.78 is 33.0. The number of fused-ring (bicyclic) bond motifs is 2. The first-order valence-corrected chi connectivity index (χ1v) is 14.6. The molecule has 0 spiro atoms. The van der Waals surface area contributed by atoms with Crippen LogP contribution in [0.5, 0.6) is 6.01 Å². The van der Waals surface area contributed by atoms with Gasteiger partial charge in [-0.15, -0.1) is 0 Å². The van der Waals surface area contributed by atoms with Gasteiger partial charge in [-0.25, -0.2) is 8.78 Å². The van der Waals surface area contributed by atoms with Crippen molar-refractivity contribution in [1.29, 1.82) is 0 Å². The number of nitrogens with zero attached hydrogens (tertiary/aromatic N) is 6. The summed E-state index contributed by atoms with van der Waals surface area (Å²) in [5.74, 6) is -2.34. The zero-order chi connectivity index (χ0) is 31.3. The van der Waals surface area contributed by atoms with Crippen LogP contribution >= 0.6 is 13.5 Å². The molecular formula is C31H48F2N8O3S. The van der Waals surface area contributed by atoms with Gasteiger partial charge in [0.15, 0.2) is 0 Å². The van der Waals surface area contributed by atoms with E-state index in [1.54, 1.807) is 16.8 Å². The number of halogens is 2. The molecule has 2 aromatic heterocycles. The van der Waals surface area contributed by atoms with E-state index in [-0.39, 0.29) is 65.1 Å². The first kappa shape index (κ1) is 37.7. The second kappa shape index (κ2) is 16.2. The third-order valence-corrected chi connectivity index (χ3v) is 8.11. The number of nitrogens with one attached hydrogen (secondary N) is 1. The normalized spacial score (nSPS) is 17.2. The average molecular weight is 651 g/mol. The van der Waals surface area contributed by atoms with Crippen LogP contribution in [0.25, 0.3) is 10.9 Å². The Labute approximate surface area is 271 Å². The summed E-state index contributed by atoms with van der Waals surface area (Å²) >= 11 is 0. The first-order valence-electron chi connectivity index (χ1n) is 14.6. The quantitative estimate of drug-likeness (QED) is 0.309. The van der Waals surface area contributed by atoms with E-state index >= 15 is 0 Å². The van der Waals surface area contributed by atoms with Crippen LogP contribution in [0.2, 0.25) is 0 Å². The Hall–Kier alpha value is -3.49. The lowest BCUT2D eigenvalue weighted by atomic mass is 9.99. The number of aromatic amines is 1. The van der Waals surface area contributed by atoms with Crippen molar-refractivity contribution in [1.82, 2.24) is 30.0 Å². The molecule has 0 saturated carbocycles. The number of aromatic nitrogens is 4. The molecule has 1 atom stereocenters. The smallest absolute Gasteiger partial charge is 0.318 e. The number of nitrogen functional groups attached to an aromatic ring is 1. The highest BCUT2D eigenvalue weighted by Crippen LogP contribution is 2.36. The number of aliphatic hydroxyl groups is 1. The molecular weight excluding hydrogens is 602 g/mol.